The van der Waals surface area contributed by atoms with Crippen LogP contribution in [0.25, 0.3) is 0 Å². The number of nitrogens with one attached hydrogen (secondary N) is 1. The highest BCUT2D eigenvalue weighted by Crippen LogP contribution is 1.95. The SMILES string of the molecule is Cn1nccc1CC(=N)N. The Balaban J connectivity index is 2.74. The molecule has 0 amide bonds. The second-order valence-corrected chi connectivity index (χ2v) is 2.15. The molecular weight excluding hydrogens is 128 g/mol. The summed E-state index contributed by atoms with van der Waals surface area (Å²) in [7, 11) is 1.83. The van der Waals surface area contributed by atoms with E-state index in [1.807, 2.05) is 13.1 Å². The van der Waals surface area contributed by atoms with Crippen LogP contribution in [-0.4, -0.2) is 15.6 Å². The van der Waals surface area contributed by atoms with Crippen molar-refractivity contribution in [3.05, 3.63) is 18.0 Å². The third-order valence-corrected chi connectivity index (χ3v) is 1.29. The molecule has 0 unspecified atom stereocenters. The second-order valence-electron chi connectivity index (χ2n) is 2.15. The van der Waals surface area contributed by atoms with Crippen LogP contribution in [0, 0.1) is 5.41 Å². The fourth-order valence-electron chi connectivity index (χ4n) is 0.770. The first kappa shape index (κ1) is 6.80. The Hall–Kier alpha value is -1.32. The average Bonchev–Trinajstić information content (AvgIpc) is 2.15. The maximum Gasteiger partial charge on any atom is 0.0965 e. The summed E-state index contributed by atoms with van der Waals surface area (Å²) in [5.41, 5.74) is 6.16. The zero-order valence-corrected chi connectivity index (χ0v) is 5.83. The van der Waals surface area contributed by atoms with Gasteiger partial charge >= 0.3 is 0 Å². The van der Waals surface area contributed by atoms with Crippen LogP contribution in [-0.2, 0) is 13.5 Å². The van der Waals surface area contributed by atoms with Crippen molar-refractivity contribution < 1.29 is 0 Å². The maximum absolute atomic E-state index is 7.00. The summed E-state index contributed by atoms with van der Waals surface area (Å²) in [4.78, 5) is 0. The zero-order chi connectivity index (χ0) is 7.56. The molecule has 54 valence electrons. The molecule has 0 aliphatic carbocycles. The Morgan fingerprint density at radius 3 is 3.00 bits per heavy atom. The molecule has 1 aromatic heterocycles. The monoisotopic (exact) mass is 138 g/mol. The van der Waals surface area contributed by atoms with E-state index in [0.29, 0.717) is 6.42 Å². The number of amidine groups is 1. The Morgan fingerprint density at radius 2 is 2.60 bits per heavy atom. The van der Waals surface area contributed by atoms with E-state index in [9.17, 15) is 0 Å². The molecule has 0 fully saturated rings. The van der Waals surface area contributed by atoms with Crippen LogP contribution in [0.5, 0.6) is 0 Å². The lowest BCUT2D eigenvalue weighted by atomic mass is 10.3. The number of aryl methyl sites for hydroxylation is 1. The average molecular weight is 138 g/mol. The molecule has 0 aliphatic rings. The summed E-state index contributed by atoms with van der Waals surface area (Å²) < 4.78 is 1.71. The van der Waals surface area contributed by atoms with Gasteiger partial charge in [0.05, 0.1) is 5.84 Å². The fourth-order valence-corrected chi connectivity index (χ4v) is 0.770. The van der Waals surface area contributed by atoms with Gasteiger partial charge in [0, 0.05) is 25.4 Å². The Kier molecular flexibility index (Phi) is 1.71. The number of nitrogens with zero attached hydrogens (tertiary/aromatic N) is 2. The van der Waals surface area contributed by atoms with Gasteiger partial charge in [-0.15, -0.1) is 0 Å². The first-order valence-corrected chi connectivity index (χ1v) is 3.00. The molecule has 0 aromatic carbocycles. The summed E-state index contributed by atoms with van der Waals surface area (Å²) in [6.07, 6.45) is 2.18. The van der Waals surface area contributed by atoms with E-state index in [-0.39, 0.29) is 5.84 Å². The van der Waals surface area contributed by atoms with Crippen LogP contribution < -0.4 is 5.73 Å². The Labute approximate surface area is 59.2 Å². The Morgan fingerprint density at radius 1 is 1.90 bits per heavy atom. The third kappa shape index (κ3) is 1.34. The standard InChI is InChI=1S/C6H10N4/c1-10-5(2-3-9-10)4-6(7)8/h2-3H,4H2,1H3,(H3,7,8). The molecule has 1 heterocycles. The number of rotatable bonds is 2. The van der Waals surface area contributed by atoms with Crippen molar-refractivity contribution >= 4 is 5.84 Å². The first-order valence-electron chi connectivity index (χ1n) is 3.00. The van der Waals surface area contributed by atoms with Crippen LogP contribution in [0.1, 0.15) is 5.69 Å². The molecule has 0 bridgehead atoms. The molecule has 4 nitrogen and oxygen atoms in total. The topological polar surface area (TPSA) is 67.7 Å². The fraction of sp³-hybridized carbons (Fsp3) is 0.333. The lowest BCUT2D eigenvalue weighted by Crippen LogP contribution is -2.14. The molecule has 0 spiro atoms. The maximum atomic E-state index is 7.00. The van der Waals surface area contributed by atoms with Gasteiger partial charge in [0.25, 0.3) is 0 Å². The summed E-state index contributed by atoms with van der Waals surface area (Å²) in [6.45, 7) is 0. The quantitative estimate of drug-likeness (QED) is 0.442. The van der Waals surface area contributed by atoms with Gasteiger partial charge < -0.3 is 5.73 Å². The molecule has 1 aromatic rings. The van der Waals surface area contributed by atoms with Crippen LogP contribution in [0.4, 0.5) is 0 Å². The number of hydrogen-bond acceptors (Lipinski definition) is 2. The molecule has 0 saturated heterocycles. The molecule has 0 radical (unpaired) electrons. The molecule has 4 heteroatoms. The molecule has 10 heavy (non-hydrogen) atoms. The highest BCUT2D eigenvalue weighted by atomic mass is 15.3. The number of aromatic nitrogens is 2. The van der Waals surface area contributed by atoms with Crippen molar-refractivity contribution in [1.82, 2.24) is 9.78 Å². The van der Waals surface area contributed by atoms with E-state index in [0.717, 1.165) is 5.69 Å². The van der Waals surface area contributed by atoms with Gasteiger partial charge in [-0.3, -0.25) is 10.1 Å². The van der Waals surface area contributed by atoms with E-state index in [2.05, 4.69) is 5.10 Å². The Bertz CT molecular complexity index is 238. The third-order valence-electron chi connectivity index (χ3n) is 1.29. The van der Waals surface area contributed by atoms with Crippen molar-refractivity contribution in [2.75, 3.05) is 0 Å². The highest BCUT2D eigenvalue weighted by Gasteiger charge is 1.98. The summed E-state index contributed by atoms with van der Waals surface area (Å²) in [5, 5.41) is 10.9. The lowest BCUT2D eigenvalue weighted by Gasteiger charge is -1.97. The van der Waals surface area contributed by atoms with E-state index in [4.69, 9.17) is 11.1 Å². The van der Waals surface area contributed by atoms with Crippen molar-refractivity contribution in [1.29, 1.82) is 5.41 Å². The van der Waals surface area contributed by atoms with E-state index in [1.54, 1.807) is 10.9 Å². The van der Waals surface area contributed by atoms with Crippen LogP contribution >= 0.6 is 0 Å². The predicted octanol–water partition coefficient (Wildman–Crippen LogP) is -0.101. The largest absolute Gasteiger partial charge is 0.387 e. The molecule has 0 aliphatic heterocycles. The van der Waals surface area contributed by atoms with Gasteiger partial charge in [0.15, 0.2) is 0 Å². The lowest BCUT2D eigenvalue weighted by molar-refractivity contribution is 0.730. The van der Waals surface area contributed by atoms with Crippen molar-refractivity contribution in [3.8, 4) is 0 Å². The van der Waals surface area contributed by atoms with Gasteiger partial charge in [-0.1, -0.05) is 0 Å². The van der Waals surface area contributed by atoms with Crippen LogP contribution in [0.2, 0.25) is 0 Å². The van der Waals surface area contributed by atoms with Gasteiger partial charge in [0.1, 0.15) is 0 Å². The minimum Gasteiger partial charge on any atom is -0.387 e. The van der Waals surface area contributed by atoms with Crippen molar-refractivity contribution in [2.24, 2.45) is 12.8 Å². The molecule has 3 N–H and O–H groups in total. The minimum absolute atomic E-state index is 0.170. The van der Waals surface area contributed by atoms with E-state index in [1.165, 1.54) is 0 Å². The predicted molar refractivity (Wildman–Crippen MR) is 38.8 cm³/mol. The summed E-state index contributed by atoms with van der Waals surface area (Å²) in [5.74, 6) is 0.170. The first-order chi connectivity index (χ1) is 4.70. The van der Waals surface area contributed by atoms with Crippen molar-refractivity contribution in [2.45, 2.75) is 6.42 Å². The smallest absolute Gasteiger partial charge is 0.0965 e. The molecular formula is C6H10N4. The normalized spacial score (nSPS) is 9.70. The van der Waals surface area contributed by atoms with Gasteiger partial charge in [-0.25, -0.2) is 0 Å². The molecule has 1 rings (SSSR count). The second kappa shape index (κ2) is 2.51. The molecule has 0 saturated carbocycles. The zero-order valence-electron chi connectivity index (χ0n) is 5.83. The summed E-state index contributed by atoms with van der Waals surface area (Å²) in [6, 6.07) is 1.85. The van der Waals surface area contributed by atoms with Crippen molar-refractivity contribution in [3.63, 3.8) is 0 Å². The van der Waals surface area contributed by atoms with Crippen LogP contribution in [0.3, 0.4) is 0 Å². The highest BCUT2D eigenvalue weighted by molar-refractivity contribution is 5.78. The van der Waals surface area contributed by atoms with Gasteiger partial charge in [0.2, 0.25) is 0 Å². The van der Waals surface area contributed by atoms with Gasteiger partial charge in [-0.2, -0.15) is 5.10 Å². The summed E-state index contributed by atoms with van der Waals surface area (Å²) >= 11 is 0. The minimum atomic E-state index is 0.170. The number of hydrogen-bond donors (Lipinski definition) is 2. The van der Waals surface area contributed by atoms with E-state index < -0.39 is 0 Å². The van der Waals surface area contributed by atoms with E-state index >= 15 is 0 Å². The molecule has 0 atom stereocenters. The van der Waals surface area contributed by atoms with Crippen LogP contribution in [0.15, 0.2) is 12.3 Å². The van der Waals surface area contributed by atoms with Gasteiger partial charge in [-0.05, 0) is 6.07 Å². The number of nitrogens with two attached hydrogens (primary N) is 1.